The van der Waals surface area contributed by atoms with E-state index in [2.05, 4.69) is 5.32 Å². The van der Waals surface area contributed by atoms with Crippen LogP contribution in [0.5, 0.6) is 11.5 Å². The van der Waals surface area contributed by atoms with Gasteiger partial charge in [0.1, 0.15) is 16.4 Å². The van der Waals surface area contributed by atoms with Crippen molar-refractivity contribution in [3.8, 4) is 11.5 Å². The Morgan fingerprint density at radius 2 is 1.67 bits per heavy atom. The minimum absolute atomic E-state index is 0.0489. The fourth-order valence-corrected chi connectivity index (χ4v) is 4.72. The van der Waals surface area contributed by atoms with Crippen LogP contribution in [0.15, 0.2) is 47.4 Å². The summed E-state index contributed by atoms with van der Waals surface area (Å²) in [4.78, 5) is 12.3. The van der Waals surface area contributed by atoms with Gasteiger partial charge < -0.3 is 14.8 Å². The van der Waals surface area contributed by atoms with Crippen LogP contribution in [-0.2, 0) is 14.8 Å². The number of carbonyl (C=O) groups excluding carboxylic acids is 1. The normalized spacial score (nSPS) is 11.7. The van der Waals surface area contributed by atoms with E-state index in [-0.39, 0.29) is 9.92 Å². The second-order valence-electron chi connectivity index (χ2n) is 6.20. The molecular formula is C21H25ClN2O5S. The molecule has 9 heteroatoms. The quantitative estimate of drug-likeness (QED) is 0.580. The maximum atomic E-state index is 12.8. The molecule has 2 rings (SSSR count). The number of ether oxygens (including phenoxy) is 2. The lowest BCUT2D eigenvalue weighted by atomic mass is 10.2. The van der Waals surface area contributed by atoms with Gasteiger partial charge >= 0.3 is 0 Å². The predicted molar refractivity (Wildman–Crippen MR) is 119 cm³/mol. The van der Waals surface area contributed by atoms with Crippen molar-refractivity contribution in [2.45, 2.75) is 18.7 Å². The third kappa shape index (κ3) is 5.75. The maximum Gasteiger partial charge on any atom is 0.248 e. The van der Waals surface area contributed by atoms with Gasteiger partial charge in [-0.1, -0.05) is 25.4 Å². The molecule has 0 fully saturated rings. The van der Waals surface area contributed by atoms with E-state index < -0.39 is 15.9 Å². The first kappa shape index (κ1) is 23.7. The third-order valence-electron chi connectivity index (χ3n) is 4.32. The molecule has 0 atom stereocenters. The second kappa shape index (κ2) is 10.5. The van der Waals surface area contributed by atoms with Crippen molar-refractivity contribution in [2.24, 2.45) is 0 Å². The topological polar surface area (TPSA) is 84.9 Å². The Labute approximate surface area is 182 Å². The van der Waals surface area contributed by atoms with Crippen molar-refractivity contribution in [1.29, 1.82) is 0 Å². The van der Waals surface area contributed by atoms with E-state index in [1.54, 1.807) is 58.4 Å². The van der Waals surface area contributed by atoms with Crippen LogP contribution >= 0.6 is 11.6 Å². The number of carbonyl (C=O) groups is 1. The molecule has 1 amide bonds. The average Bonchev–Trinajstić information content (AvgIpc) is 2.73. The van der Waals surface area contributed by atoms with E-state index >= 15 is 0 Å². The van der Waals surface area contributed by atoms with Crippen LogP contribution in [0.1, 0.15) is 19.4 Å². The molecule has 0 saturated carbocycles. The number of nitrogens with zero attached hydrogens (tertiary/aromatic N) is 1. The highest BCUT2D eigenvalue weighted by atomic mass is 35.5. The van der Waals surface area contributed by atoms with Gasteiger partial charge in [0.2, 0.25) is 15.9 Å². The highest BCUT2D eigenvalue weighted by molar-refractivity contribution is 7.89. The maximum absolute atomic E-state index is 12.8. The number of methoxy groups -OCH3 is 2. The zero-order valence-electron chi connectivity index (χ0n) is 17.3. The molecule has 0 aliphatic carbocycles. The molecule has 7 nitrogen and oxygen atoms in total. The fourth-order valence-electron chi connectivity index (χ4n) is 2.76. The summed E-state index contributed by atoms with van der Waals surface area (Å²) in [7, 11) is -0.674. The second-order valence-corrected chi connectivity index (χ2v) is 8.52. The van der Waals surface area contributed by atoms with E-state index in [0.29, 0.717) is 35.8 Å². The predicted octanol–water partition coefficient (Wildman–Crippen LogP) is 4.04. The van der Waals surface area contributed by atoms with Crippen LogP contribution in [0.2, 0.25) is 5.02 Å². The van der Waals surface area contributed by atoms with Crippen molar-refractivity contribution < 1.29 is 22.7 Å². The van der Waals surface area contributed by atoms with Gasteiger partial charge in [0.05, 0.1) is 19.2 Å². The van der Waals surface area contributed by atoms with Crippen LogP contribution in [0.25, 0.3) is 6.08 Å². The summed E-state index contributed by atoms with van der Waals surface area (Å²) in [6, 6.07) is 9.58. The largest absolute Gasteiger partial charge is 0.497 e. The Kier molecular flexibility index (Phi) is 8.28. The molecule has 2 aromatic rings. The molecule has 162 valence electrons. The number of hydrogen-bond donors (Lipinski definition) is 1. The molecule has 0 aromatic heterocycles. The van der Waals surface area contributed by atoms with Gasteiger partial charge in [-0.3, -0.25) is 4.79 Å². The summed E-state index contributed by atoms with van der Waals surface area (Å²) in [5.74, 6) is 0.766. The van der Waals surface area contributed by atoms with Crippen LogP contribution in [0.3, 0.4) is 0 Å². The number of anilines is 1. The van der Waals surface area contributed by atoms with Crippen molar-refractivity contribution in [3.63, 3.8) is 0 Å². The molecule has 0 unspecified atom stereocenters. The summed E-state index contributed by atoms with van der Waals surface area (Å²) in [6.45, 7) is 4.13. The molecule has 1 N–H and O–H groups in total. The Bertz CT molecular complexity index is 1010. The van der Waals surface area contributed by atoms with Gasteiger partial charge in [0.15, 0.2) is 0 Å². The van der Waals surface area contributed by atoms with Crippen LogP contribution in [0.4, 0.5) is 5.69 Å². The highest BCUT2D eigenvalue weighted by Crippen LogP contribution is 2.28. The van der Waals surface area contributed by atoms with Gasteiger partial charge in [-0.15, -0.1) is 0 Å². The Morgan fingerprint density at radius 3 is 2.20 bits per heavy atom. The minimum atomic E-state index is -3.76. The smallest absolute Gasteiger partial charge is 0.248 e. The van der Waals surface area contributed by atoms with Crippen molar-refractivity contribution in [2.75, 3.05) is 32.6 Å². The van der Waals surface area contributed by atoms with Crippen LogP contribution < -0.4 is 14.8 Å². The average molecular weight is 453 g/mol. The molecule has 0 spiro atoms. The molecule has 0 aliphatic heterocycles. The van der Waals surface area contributed by atoms with Gasteiger partial charge in [-0.25, -0.2) is 8.42 Å². The molecule has 0 radical (unpaired) electrons. The van der Waals surface area contributed by atoms with Crippen LogP contribution in [0, 0.1) is 0 Å². The first-order chi connectivity index (χ1) is 14.2. The van der Waals surface area contributed by atoms with E-state index in [1.165, 1.54) is 22.5 Å². The molecule has 0 heterocycles. The first-order valence-electron chi connectivity index (χ1n) is 9.27. The van der Waals surface area contributed by atoms with E-state index in [0.717, 1.165) is 0 Å². The monoisotopic (exact) mass is 452 g/mol. The van der Waals surface area contributed by atoms with E-state index in [4.69, 9.17) is 21.1 Å². The van der Waals surface area contributed by atoms with Gasteiger partial charge in [0.25, 0.3) is 0 Å². The number of amides is 1. The molecular weight excluding hydrogens is 428 g/mol. The molecule has 0 aliphatic rings. The molecule has 2 aromatic carbocycles. The molecule has 0 saturated heterocycles. The number of rotatable bonds is 9. The van der Waals surface area contributed by atoms with Crippen LogP contribution in [-0.4, -0.2) is 45.9 Å². The number of hydrogen-bond acceptors (Lipinski definition) is 5. The van der Waals surface area contributed by atoms with Crippen molar-refractivity contribution in [1.82, 2.24) is 4.31 Å². The number of benzene rings is 2. The summed E-state index contributed by atoms with van der Waals surface area (Å²) >= 11 is 6.12. The molecule has 0 bridgehead atoms. The highest BCUT2D eigenvalue weighted by Gasteiger charge is 2.24. The lowest BCUT2D eigenvalue weighted by Gasteiger charge is -2.19. The Balaban J connectivity index is 2.23. The number of nitrogens with one attached hydrogen (secondary N) is 1. The van der Waals surface area contributed by atoms with Gasteiger partial charge in [-0.05, 0) is 42.0 Å². The summed E-state index contributed by atoms with van der Waals surface area (Å²) in [6.07, 6.45) is 2.94. The zero-order valence-corrected chi connectivity index (χ0v) is 18.9. The Morgan fingerprint density at radius 1 is 1.07 bits per heavy atom. The molecule has 30 heavy (non-hydrogen) atoms. The first-order valence-corrected chi connectivity index (χ1v) is 11.1. The Hall–Kier alpha value is -2.55. The minimum Gasteiger partial charge on any atom is -0.497 e. The third-order valence-corrected chi connectivity index (χ3v) is 6.85. The summed E-state index contributed by atoms with van der Waals surface area (Å²) in [5.41, 5.74) is 1.03. The van der Waals surface area contributed by atoms with Gasteiger partial charge in [0, 0.05) is 30.9 Å². The number of halogens is 1. The van der Waals surface area contributed by atoms with E-state index in [1.807, 2.05) is 0 Å². The van der Waals surface area contributed by atoms with Gasteiger partial charge in [-0.2, -0.15) is 4.31 Å². The summed E-state index contributed by atoms with van der Waals surface area (Å²) < 4.78 is 37.3. The number of sulfonamides is 1. The standard InChI is InChI=1S/C21H25ClN2O5S/c1-5-24(6-2)30(26,27)20-13-16(8-9-19(20)22)23-21(25)10-7-15-11-17(28-3)14-18(12-15)29-4/h7-14H,5-6H2,1-4H3,(H,23,25)/b10-7+. The fraction of sp³-hybridized carbons (Fsp3) is 0.286. The van der Waals surface area contributed by atoms with Crippen molar-refractivity contribution in [3.05, 3.63) is 53.1 Å². The SMILES string of the molecule is CCN(CC)S(=O)(=O)c1cc(NC(=O)/C=C/c2cc(OC)cc(OC)c2)ccc1Cl. The van der Waals surface area contributed by atoms with Crippen molar-refractivity contribution >= 4 is 39.3 Å². The lowest BCUT2D eigenvalue weighted by Crippen LogP contribution is -2.30. The zero-order chi connectivity index (χ0) is 22.3. The van der Waals surface area contributed by atoms with E-state index in [9.17, 15) is 13.2 Å². The lowest BCUT2D eigenvalue weighted by molar-refractivity contribution is -0.111. The summed E-state index contributed by atoms with van der Waals surface area (Å²) in [5, 5.41) is 2.75.